The van der Waals surface area contributed by atoms with E-state index in [1.165, 1.54) is 0 Å². The monoisotopic (exact) mass is 280 g/mol. The summed E-state index contributed by atoms with van der Waals surface area (Å²) in [6.45, 7) is 4.51. The number of ether oxygens (including phenoxy) is 1. The maximum Gasteiger partial charge on any atom is 0.138 e. The van der Waals surface area contributed by atoms with E-state index in [9.17, 15) is 5.11 Å². The van der Waals surface area contributed by atoms with Crippen molar-refractivity contribution in [1.29, 1.82) is 0 Å². The van der Waals surface area contributed by atoms with Gasteiger partial charge in [0.25, 0.3) is 0 Å². The number of imidazole rings is 1. The molecular weight excluding hydrogens is 264 g/mol. The molecule has 0 aliphatic heterocycles. The zero-order chi connectivity index (χ0) is 13.8. The topological polar surface area (TPSA) is 47.3 Å². The minimum atomic E-state index is -0.607. The molecule has 0 saturated heterocycles. The van der Waals surface area contributed by atoms with E-state index < -0.39 is 6.10 Å². The lowest BCUT2D eigenvalue weighted by Crippen LogP contribution is -2.23. The first-order valence-corrected chi connectivity index (χ1v) is 6.49. The summed E-state index contributed by atoms with van der Waals surface area (Å²) < 4.78 is 7.43. The van der Waals surface area contributed by atoms with Crippen LogP contribution in [0.1, 0.15) is 11.4 Å². The quantitative estimate of drug-likeness (QED) is 0.916. The Kier molecular flexibility index (Phi) is 4.45. The second-order valence-corrected chi connectivity index (χ2v) is 4.93. The summed E-state index contributed by atoms with van der Waals surface area (Å²) in [4.78, 5) is 4.10. The zero-order valence-corrected chi connectivity index (χ0v) is 11.8. The maximum atomic E-state index is 9.95. The van der Waals surface area contributed by atoms with Gasteiger partial charge in [-0.05, 0) is 31.5 Å². The fraction of sp³-hybridized carbons (Fsp3) is 0.357. The standard InChI is InChI=1S/C14H17ClN2O2/c1-10-3-4-13(15)14(7-10)19-9-12(18)8-17-6-5-16-11(17)2/h3-7,12,18H,8-9H2,1-2H3/t12-/m0/s1. The van der Waals surface area contributed by atoms with E-state index in [-0.39, 0.29) is 6.61 Å². The van der Waals surface area contributed by atoms with Gasteiger partial charge in [-0.15, -0.1) is 0 Å². The van der Waals surface area contributed by atoms with Crippen molar-refractivity contribution < 1.29 is 9.84 Å². The maximum absolute atomic E-state index is 9.95. The molecule has 1 aromatic carbocycles. The van der Waals surface area contributed by atoms with Crippen LogP contribution in [-0.4, -0.2) is 27.4 Å². The molecule has 0 amide bonds. The summed E-state index contributed by atoms with van der Waals surface area (Å²) in [5.41, 5.74) is 1.07. The Balaban J connectivity index is 1.91. The number of hydrogen-bond donors (Lipinski definition) is 1. The predicted molar refractivity (Wildman–Crippen MR) is 74.7 cm³/mol. The van der Waals surface area contributed by atoms with Crippen molar-refractivity contribution >= 4 is 11.6 Å². The van der Waals surface area contributed by atoms with Crippen LogP contribution in [0.25, 0.3) is 0 Å². The van der Waals surface area contributed by atoms with Gasteiger partial charge in [-0.2, -0.15) is 0 Å². The minimum absolute atomic E-state index is 0.195. The summed E-state index contributed by atoms with van der Waals surface area (Å²) in [6, 6.07) is 5.57. The summed E-state index contributed by atoms with van der Waals surface area (Å²) >= 11 is 6.03. The molecule has 1 N–H and O–H groups in total. The van der Waals surface area contributed by atoms with Crippen molar-refractivity contribution in [2.75, 3.05) is 6.61 Å². The van der Waals surface area contributed by atoms with E-state index in [2.05, 4.69) is 4.98 Å². The predicted octanol–water partition coefficient (Wildman–Crippen LogP) is 2.59. The lowest BCUT2D eigenvalue weighted by molar-refractivity contribution is 0.0920. The van der Waals surface area contributed by atoms with E-state index in [4.69, 9.17) is 16.3 Å². The van der Waals surface area contributed by atoms with E-state index >= 15 is 0 Å². The van der Waals surface area contributed by atoms with Crippen LogP contribution in [-0.2, 0) is 6.54 Å². The van der Waals surface area contributed by atoms with Gasteiger partial charge in [-0.25, -0.2) is 4.98 Å². The zero-order valence-electron chi connectivity index (χ0n) is 11.0. The molecule has 0 unspecified atom stereocenters. The number of aliphatic hydroxyl groups is 1. The number of aliphatic hydroxyl groups excluding tert-OH is 1. The molecule has 0 radical (unpaired) electrons. The number of halogens is 1. The van der Waals surface area contributed by atoms with Crippen molar-refractivity contribution in [3.63, 3.8) is 0 Å². The van der Waals surface area contributed by atoms with Gasteiger partial charge in [0.05, 0.1) is 11.6 Å². The highest BCUT2D eigenvalue weighted by Crippen LogP contribution is 2.25. The second-order valence-electron chi connectivity index (χ2n) is 4.53. The fourth-order valence-corrected chi connectivity index (χ4v) is 1.96. The van der Waals surface area contributed by atoms with Crippen LogP contribution in [0.2, 0.25) is 5.02 Å². The van der Waals surface area contributed by atoms with Gasteiger partial charge in [-0.1, -0.05) is 17.7 Å². The number of aromatic nitrogens is 2. The molecule has 4 nitrogen and oxygen atoms in total. The fourth-order valence-electron chi connectivity index (χ4n) is 1.78. The summed E-state index contributed by atoms with van der Waals surface area (Å²) in [5, 5.41) is 10.5. The first-order chi connectivity index (χ1) is 9.06. The molecule has 0 bridgehead atoms. The van der Waals surface area contributed by atoms with E-state index in [0.29, 0.717) is 17.3 Å². The van der Waals surface area contributed by atoms with Crippen molar-refractivity contribution in [2.24, 2.45) is 0 Å². The molecule has 0 aliphatic carbocycles. The van der Waals surface area contributed by atoms with Crippen LogP contribution in [0.5, 0.6) is 5.75 Å². The number of benzene rings is 1. The van der Waals surface area contributed by atoms with Crippen LogP contribution in [0, 0.1) is 13.8 Å². The third-order valence-corrected chi connectivity index (χ3v) is 3.16. The molecule has 102 valence electrons. The minimum Gasteiger partial charge on any atom is -0.489 e. The van der Waals surface area contributed by atoms with Crippen molar-refractivity contribution in [1.82, 2.24) is 9.55 Å². The first kappa shape index (κ1) is 13.9. The van der Waals surface area contributed by atoms with E-state index in [1.54, 1.807) is 12.3 Å². The molecule has 5 heteroatoms. The third-order valence-electron chi connectivity index (χ3n) is 2.85. The smallest absolute Gasteiger partial charge is 0.138 e. The van der Waals surface area contributed by atoms with Gasteiger partial charge >= 0.3 is 0 Å². The Bertz CT molecular complexity index is 554. The van der Waals surface area contributed by atoms with Crippen molar-refractivity contribution in [2.45, 2.75) is 26.5 Å². The molecule has 1 heterocycles. The average Bonchev–Trinajstić information content (AvgIpc) is 2.76. The number of nitrogens with zero attached hydrogens (tertiary/aromatic N) is 2. The molecule has 0 saturated carbocycles. The normalized spacial score (nSPS) is 12.4. The highest BCUT2D eigenvalue weighted by molar-refractivity contribution is 6.32. The summed E-state index contributed by atoms with van der Waals surface area (Å²) in [6.07, 6.45) is 2.93. The molecular formula is C14H17ClN2O2. The van der Waals surface area contributed by atoms with Crippen molar-refractivity contribution in [3.8, 4) is 5.75 Å². The van der Waals surface area contributed by atoms with Crippen LogP contribution in [0.4, 0.5) is 0 Å². The van der Waals surface area contributed by atoms with E-state index in [0.717, 1.165) is 11.4 Å². The number of hydrogen-bond acceptors (Lipinski definition) is 3. The molecule has 2 aromatic rings. The first-order valence-electron chi connectivity index (χ1n) is 6.11. The molecule has 0 aliphatic rings. The molecule has 2 rings (SSSR count). The Morgan fingerprint density at radius 3 is 2.89 bits per heavy atom. The van der Waals surface area contributed by atoms with Gasteiger partial charge < -0.3 is 14.4 Å². The Labute approximate surface area is 117 Å². The molecule has 19 heavy (non-hydrogen) atoms. The lowest BCUT2D eigenvalue weighted by Gasteiger charge is -2.15. The van der Waals surface area contributed by atoms with Crippen LogP contribution in [0.3, 0.4) is 0 Å². The number of rotatable bonds is 5. The molecule has 1 aromatic heterocycles. The number of aryl methyl sites for hydroxylation is 2. The summed E-state index contributed by atoms with van der Waals surface area (Å²) in [5.74, 6) is 1.47. The van der Waals surface area contributed by atoms with Crippen molar-refractivity contribution in [3.05, 3.63) is 47.0 Å². The van der Waals surface area contributed by atoms with Gasteiger partial charge in [0.2, 0.25) is 0 Å². The Morgan fingerprint density at radius 1 is 1.42 bits per heavy atom. The average molecular weight is 281 g/mol. The van der Waals surface area contributed by atoms with Gasteiger partial charge in [0.1, 0.15) is 24.3 Å². The molecule has 0 fully saturated rings. The van der Waals surface area contributed by atoms with Crippen LogP contribution < -0.4 is 4.74 Å². The Hall–Kier alpha value is -1.52. The highest BCUT2D eigenvalue weighted by atomic mass is 35.5. The largest absolute Gasteiger partial charge is 0.489 e. The van der Waals surface area contributed by atoms with Gasteiger partial charge in [0.15, 0.2) is 0 Å². The molecule has 1 atom stereocenters. The molecule has 0 spiro atoms. The highest BCUT2D eigenvalue weighted by Gasteiger charge is 2.09. The van der Waals surface area contributed by atoms with Gasteiger partial charge in [-0.3, -0.25) is 0 Å². The summed E-state index contributed by atoms with van der Waals surface area (Å²) in [7, 11) is 0. The third kappa shape index (κ3) is 3.72. The Morgan fingerprint density at radius 2 is 2.21 bits per heavy atom. The second kappa shape index (κ2) is 6.08. The van der Waals surface area contributed by atoms with Crippen LogP contribution >= 0.6 is 11.6 Å². The lowest BCUT2D eigenvalue weighted by atomic mass is 10.2. The van der Waals surface area contributed by atoms with Crippen LogP contribution in [0.15, 0.2) is 30.6 Å². The van der Waals surface area contributed by atoms with Gasteiger partial charge in [0, 0.05) is 12.4 Å². The van der Waals surface area contributed by atoms with E-state index in [1.807, 2.05) is 36.7 Å². The SMILES string of the molecule is Cc1ccc(Cl)c(OC[C@@H](O)Cn2ccnc2C)c1.